The third-order valence-corrected chi connectivity index (χ3v) is 2.95. The van der Waals surface area contributed by atoms with E-state index >= 15 is 0 Å². The average Bonchev–Trinajstić information content (AvgIpc) is 2.81. The Morgan fingerprint density at radius 2 is 2.21 bits per heavy atom. The van der Waals surface area contributed by atoms with Crippen LogP contribution < -0.4 is 15.9 Å². The van der Waals surface area contributed by atoms with E-state index in [0.29, 0.717) is 10.9 Å². The van der Waals surface area contributed by atoms with Crippen molar-refractivity contribution >= 4 is 28.5 Å². The van der Waals surface area contributed by atoms with E-state index < -0.39 is 11.6 Å². The fourth-order valence-electron chi connectivity index (χ4n) is 1.30. The van der Waals surface area contributed by atoms with Gasteiger partial charge in [0.2, 0.25) is 10.9 Å². The van der Waals surface area contributed by atoms with Crippen LogP contribution in [0.3, 0.4) is 0 Å². The van der Waals surface area contributed by atoms with Crippen LogP contribution in [-0.2, 0) is 0 Å². The number of rotatable bonds is 4. The number of ether oxygens (including phenoxy) is 1. The van der Waals surface area contributed by atoms with E-state index in [1.54, 1.807) is 5.38 Å². The first-order valence-electron chi connectivity index (χ1n) is 5.14. The maximum atomic E-state index is 13.6. The number of benzene rings is 1. The Kier molecular flexibility index (Phi) is 3.91. The van der Waals surface area contributed by atoms with Crippen molar-refractivity contribution in [2.75, 3.05) is 18.3 Å². The molecular formula is C11H10F2N4OS. The molecule has 100 valence electrons. The van der Waals surface area contributed by atoms with E-state index in [2.05, 4.69) is 20.2 Å². The molecule has 0 spiro atoms. The minimum Gasteiger partial charge on any atom is -0.494 e. The van der Waals surface area contributed by atoms with E-state index in [4.69, 9.17) is 5.73 Å². The number of halogens is 2. The number of thiazole rings is 1. The Labute approximate surface area is 111 Å². The van der Waals surface area contributed by atoms with Gasteiger partial charge in [0.1, 0.15) is 5.82 Å². The monoisotopic (exact) mass is 284 g/mol. The molecule has 0 radical (unpaired) electrons. The van der Waals surface area contributed by atoms with Gasteiger partial charge in [0, 0.05) is 10.9 Å². The molecule has 0 saturated heterocycles. The summed E-state index contributed by atoms with van der Waals surface area (Å²) in [5.41, 5.74) is 7.98. The summed E-state index contributed by atoms with van der Waals surface area (Å²) >= 11 is 1.25. The molecule has 2 rings (SSSR count). The Morgan fingerprint density at radius 3 is 2.84 bits per heavy atom. The van der Waals surface area contributed by atoms with Crippen molar-refractivity contribution in [2.24, 2.45) is 5.10 Å². The fourth-order valence-corrected chi connectivity index (χ4v) is 1.85. The fraction of sp³-hybridized carbons (Fsp3) is 0.0909. The maximum Gasteiger partial charge on any atom is 0.205 e. The van der Waals surface area contributed by atoms with Crippen molar-refractivity contribution in [3.8, 4) is 5.75 Å². The molecule has 0 aliphatic heterocycles. The summed E-state index contributed by atoms with van der Waals surface area (Å²) in [5.74, 6) is -1.87. The Hall–Kier alpha value is -2.22. The van der Waals surface area contributed by atoms with E-state index in [-0.39, 0.29) is 11.3 Å². The van der Waals surface area contributed by atoms with Crippen molar-refractivity contribution in [1.82, 2.24) is 4.98 Å². The second-order valence-electron chi connectivity index (χ2n) is 3.43. The van der Waals surface area contributed by atoms with Gasteiger partial charge in [-0.15, -0.1) is 11.3 Å². The summed E-state index contributed by atoms with van der Waals surface area (Å²) in [6.45, 7) is 0. The van der Waals surface area contributed by atoms with E-state index in [1.165, 1.54) is 30.6 Å². The molecule has 0 atom stereocenters. The van der Waals surface area contributed by atoms with Crippen molar-refractivity contribution in [2.45, 2.75) is 0 Å². The quantitative estimate of drug-likeness (QED) is 0.668. The number of aromatic nitrogens is 1. The van der Waals surface area contributed by atoms with Gasteiger partial charge in [-0.05, 0) is 12.1 Å². The van der Waals surface area contributed by atoms with Gasteiger partial charge >= 0.3 is 0 Å². The summed E-state index contributed by atoms with van der Waals surface area (Å²) in [4.78, 5) is 3.89. The number of nitrogens with two attached hydrogens (primary N) is 1. The number of hydrogen-bond acceptors (Lipinski definition) is 6. The van der Waals surface area contributed by atoms with Gasteiger partial charge in [-0.1, -0.05) is 0 Å². The van der Waals surface area contributed by atoms with E-state index in [1.807, 2.05) is 0 Å². The Balaban J connectivity index is 2.13. The molecule has 5 nitrogen and oxygen atoms in total. The van der Waals surface area contributed by atoms with Crippen LogP contribution in [0.2, 0.25) is 0 Å². The first kappa shape index (κ1) is 13.2. The molecule has 19 heavy (non-hydrogen) atoms. The van der Waals surface area contributed by atoms with Crippen molar-refractivity contribution in [1.29, 1.82) is 0 Å². The number of hydrogen-bond donors (Lipinski definition) is 2. The lowest BCUT2D eigenvalue weighted by Crippen LogP contribution is -1.98. The molecule has 0 aliphatic rings. The number of anilines is 2. The molecule has 3 N–H and O–H groups in total. The molecule has 0 bridgehead atoms. The SMILES string of the molecule is COc1ccc(C=NNc2nc(N)cs2)c(F)c1F. The van der Waals surface area contributed by atoms with Crippen molar-refractivity contribution in [3.05, 3.63) is 34.7 Å². The zero-order chi connectivity index (χ0) is 13.8. The summed E-state index contributed by atoms with van der Waals surface area (Å²) < 4.78 is 31.6. The molecule has 1 aromatic heterocycles. The van der Waals surface area contributed by atoms with Crippen LogP contribution in [0.4, 0.5) is 19.7 Å². The van der Waals surface area contributed by atoms with Crippen molar-refractivity contribution < 1.29 is 13.5 Å². The van der Waals surface area contributed by atoms with Gasteiger partial charge in [-0.2, -0.15) is 9.49 Å². The molecule has 2 aromatic rings. The van der Waals surface area contributed by atoms with Crippen molar-refractivity contribution in [3.63, 3.8) is 0 Å². The molecular weight excluding hydrogens is 274 g/mol. The van der Waals surface area contributed by atoms with Crippen LogP contribution in [0.1, 0.15) is 5.56 Å². The van der Waals surface area contributed by atoms with Crippen LogP contribution in [0.25, 0.3) is 0 Å². The lowest BCUT2D eigenvalue weighted by Gasteiger charge is -2.03. The molecule has 1 aromatic carbocycles. The number of nitrogens with one attached hydrogen (secondary N) is 1. The van der Waals surface area contributed by atoms with Crippen LogP contribution in [-0.4, -0.2) is 18.3 Å². The lowest BCUT2D eigenvalue weighted by atomic mass is 10.2. The van der Waals surface area contributed by atoms with Gasteiger partial charge < -0.3 is 10.5 Å². The third kappa shape index (κ3) is 2.97. The van der Waals surface area contributed by atoms with Gasteiger partial charge in [-0.25, -0.2) is 9.37 Å². The first-order chi connectivity index (χ1) is 9.11. The topological polar surface area (TPSA) is 72.5 Å². The van der Waals surface area contributed by atoms with Gasteiger partial charge in [-0.3, -0.25) is 5.43 Å². The second kappa shape index (κ2) is 5.61. The summed E-state index contributed by atoms with van der Waals surface area (Å²) in [6.07, 6.45) is 1.15. The zero-order valence-electron chi connectivity index (χ0n) is 9.85. The highest BCUT2D eigenvalue weighted by Crippen LogP contribution is 2.21. The van der Waals surface area contributed by atoms with E-state index in [0.717, 1.165) is 6.21 Å². The predicted octanol–water partition coefficient (Wildman–Crippen LogP) is 2.46. The standard InChI is InChI=1S/C11H10F2N4OS/c1-18-7-3-2-6(9(12)10(7)13)4-15-17-11-16-8(14)5-19-11/h2-5H,14H2,1H3,(H,16,17). The number of hydrazone groups is 1. The van der Waals surface area contributed by atoms with E-state index in [9.17, 15) is 8.78 Å². The van der Waals surface area contributed by atoms with Crippen LogP contribution in [0.5, 0.6) is 5.75 Å². The van der Waals surface area contributed by atoms with Crippen LogP contribution >= 0.6 is 11.3 Å². The molecule has 0 amide bonds. The molecule has 0 fully saturated rings. The molecule has 8 heteroatoms. The molecule has 1 heterocycles. The minimum absolute atomic E-state index is 0.00433. The predicted molar refractivity (Wildman–Crippen MR) is 70.7 cm³/mol. The number of methoxy groups -OCH3 is 1. The smallest absolute Gasteiger partial charge is 0.205 e. The molecule has 0 unspecified atom stereocenters. The molecule has 0 saturated carbocycles. The second-order valence-corrected chi connectivity index (χ2v) is 4.29. The maximum absolute atomic E-state index is 13.6. The number of nitrogens with zero attached hydrogens (tertiary/aromatic N) is 2. The van der Waals surface area contributed by atoms with Gasteiger partial charge in [0.25, 0.3) is 0 Å². The molecule has 0 aliphatic carbocycles. The number of nitrogen functional groups attached to an aromatic ring is 1. The van der Waals surface area contributed by atoms with Gasteiger partial charge in [0.05, 0.1) is 13.3 Å². The highest BCUT2D eigenvalue weighted by molar-refractivity contribution is 7.14. The zero-order valence-corrected chi connectivity index (χ0v) is 10.7. The third-order valence-electron chi connectivity index (χ3n) is 2.18. The first-order valence-corrected chi connectivity index (χ1v) is 6.02. The highest BCUT2D eigenvalue weighted by atomic mass is 32.1. The Bertz CT molecular complexity index is 615. The Morgan fingerprint density at radius 1 is 1.42 bits per heavy atom. The normalized spacial score (nSPS) is 10.9. The van der Waals surface area contributed by atoms with Crippen LogP contribution in [0, 0.1) is 11.6 Å². The largest absolute Gasteiger partial charge is 0.494 e. The summed E-state index contributed by atoms with van der Waals surface area (Å²) in [7, 11) is 1.26. The van der Waals surface area contributed by atoms with Crippen LogP contribution in [0.15, 0.2) is 22.6 Å². The summed E-state index contributed by atoms with van der Waals surface area (Å²) in [5, 5.41) is 5.84. The van der Waals surface area contributed by atoms with Gasteiger partial charge in [0.15, 0.2) is 11.6 Å². The average molecular weight is 284 g/mol. The minimum atomic E-state index is -1.05. The lowest BCUT2D eigenvalue weighted by molar-refractivity contribution is 0.371. The highest BCUT2D eigenvalue weighted by Gasteiger charge is 2.12. The summed E-state index contributed by atoms with van der Waals surface area (Å²) in [6, 6.07) is 2.68.